The van der Waals surface area contributed by atoms with Gasteiger partial charge in [0, 0.05) is 31.7 Å². The number of carbonyl (C=O) groups is 1. The SMILES string of the molecule is O=C(c1ccc(OC(F)(F)F)cc1)N1CCC2(CC1)CC(O)CCO2. The molecule has 1 atom stereocenters. The number of likely N-dealkylation sites (tertiary alicyclic amines) is 1. The van der Waals surface area contributed by atoms with Crippen LogP contribution in [0.3, 0.4) is 0 Å². The Morgan fingerprint density at radius 1 is 1.24 bits per heavy atom. The van der Waals surface area contributed by atoms with Crippen molar-refractivity contribution in [3.63, 3.8) is 0 Å². The molecule has 5 nitrogen and oxygen atoms in total. The van der Waals surface area contributed by atoms with Gasteiger partial charge in [-0.15, -0.1) is 13.2 Å². The number of amides is 1. The Hall–Kier alpha value is -1.80. The molecular weight excluding hydrogens is 339 g/mol. The molecule has 3 rings (SSSR count). The van der Waals surface area contributed by atoms with E-state index in [0.717, 1.165) is 12.1 Å². The standard InChI is InChI=1S/C17H20F3NO4/c18-17(19,20)25-14-3-1-12(2-4-14)15(23)21-8-6-16(7-9-21)11-13(22)5-10-24-16/h1-4,13,22H,5-11H2. The lowest BCUT2D eigenvalue weighted by atomic mass is 9.83. The highest BCUT2D eigenvalue weighted by molar-refractivity contribution is 5.94. The van der Waals surface area contributed by atoms with E-state index in [0.29, 0.717) is 50.9 Å². The summed E-state index contributed by atoms with van der Waals surface area (Å²) in [5.74, 6) is -0.587. The molecule has 0 aliphatic carbocycles. The van der Waals surface area contributed by atoms with E-state index in [-0.39, 0.29) is 23.4 Å². The topological polar surface area (TPSA) is 59.0 Å². The minimum atomic E-state index is -4.75. The van der Waals surface area contributed by atoms with E-state index in [2.05, 4.69) is 4.74 Å². The van der Waals surface area contributed by atoms with Gasteiger partial charge in [0.15, 0.2) is 0 Å². The number of aliphatic hydroxyl groups is 1. The fourth-order valence-corrected chi connectivity index (χ4v) is 3.45. The first-order chi connectivity index (χ1) is 11.8. The van der Waals surface area contributed by atoms with Crippen LogP contribution in [-0.2, 0) is 4.74 Å². The lowest BCUT2D eigenvalue weighted by Crippen LogP contribution is -2.51. The fraction of sp³-hybridized carbons (Fsp3) is 0.588. The zero-order valence-corrected chi connectivity index (χ0v) is 13.6. The highest BCUT2D eigenvalue weighted by atomic mass is 19.4. The number of halogens is 3. The lowest BCUT2D eigenvalue weighted by Gasteiger charge is -2.45. The summed E-state index contributed by atoms with van der Waals surface area (Å²) in [6.45, 7) is 1.51. The van der Waals surface area contributed by atoms with Crippen LogP contribution in [0.2, 0.25) is 0 Å². The molecule has 1 aromatic rings. The number of ether oxygens (including phenoxy) is 2. The fourth-order valence-electron chi connectivity index (χ4n) is 3.45. The Morgan fingerprint density at radius 3 is 2.44 bits per heavy atom. The molecule has 2 fully saturated rings. The number of piperidine rings is 1. The molecule has 1 aromatic carbocycles. The van der Waals surface area contributed by atoms with Gasteiger partial charge in [-0.1, -0.05) is 0 Å². The van der Waals surface area contributed by atoms with Crippen molar-refractivity contribution in [3.05, 3.63) is 29.8 Å². The summed E-state index contributed by atoms with van der Waals surface area (Å²) >= 11 is 0. The third-order valence-electron chi connectivity index (χ3n) is 4.76. The molecule has 0 bridgehead atoms. The minimum Gasteiger partial charge on any atom is -0.406 e. The highest BCUT2D eigenvalue weighted by Crippen LogP contribution is 2.35. The van der Waals surface area contributed by atoms with Gasteiger partial charge < -0.3 is 19.5 Å². The number of hydrogen-bond acceptors (Lipinski definition) is 4. The third-order valence-corrected chi connectivity index (χ3v) is 4.76. The van der Waals surface area contributed by atoms with Crippen molar-refractivity contribution >= 4 is 5.91 Å². The van der Waals surface area contributed by atoms with Crippen molar-refractivity contribution in [3.8, 4) is 5.75 Å². The second-order valence-corrected chi connectivity index (χ2v) is 6.54. The van der Waals surface area contributed by atoms with Crippen molar-refractivity contribution in [1.29, 1.82) is 0 Å². The Kier molecular flexibility index (Phi) is 4.92. The summed E-state index contributed by atoms with van der Waals surface area (Å²) in [6.07, 6.45) is -2.61. The zero-order chi connectivity index (χ0) is 18.1. The number of alkyl halides is 3. The molecule has 138 valence electrons. The van der Waals surface area contributed by atoms with Crippen molar-refractivity contribution in [2.45, 2.75) is 43.8 Å². The summed E-state index contributed by atoms with van der Waals surface area (Å²) in [5.41, 5.74) is -0.0474. The van der Waals surface area contributed by atoms with E-state index in [9.17, 15) is 23.1 Å². The lowest BCUT2D eigenvalue weighted by molar-refractivity contribution is -0.274. The van der Waals surface area contributed by atoms with Gasteiger partial charge in [-0.25, -0.2) is 0 Å². The molecular formula is C17H20F3NO4. The molecule has 2 heterocycles. The molecule has 1 spiro atoms. The van der Waals surface area contributed by atoms with Gasteiger partial charge in [0.05, 0.1) is 11.7 Å². The van der Waals surface area contributed by atoms with Gasteiger partial charge in [-0.05, 0) is 43.5 Å². The average molecular weight is 359 g/mol. The number of benzene rings is 1. The molecule has 0 aromatic heterocycles. The number of aliphatic hydroxyl groups excluding tert-OH is 1. The van der Waals surface area contributed by atoms with E-state index < -0.39 is 6.36 Å². The molecule has 0 saturated carbocycles. The second-order valence-electron chi connectivity index (χ2n) is 6.54. The zero-order valence-electron chi connectivity index (χ0n) is 13.6. The van der Waals surface area contributed by atoms with Crippen LogP contribution in [0.5, 0.6) is 5.75 Å². The summed E-state index contributed by atoms with van der Waals surface area (Å²) in [6, 6.07) is 4.92. The summed E-state index contributed by atoms with van der Waals surface area (Å²) in [7, 11) is 0. The van der Waals surface area contributed by atoms with Gasteiger partial charge in [0.25, 0.3) is 5.91 Å². The van der Waals surface area contributed by atoms with Gasteiger partial charge in [-0.3, -0.25) is 4.79 Å². The van der Waals surface area contributed by atoms with Crippen LogP contribution >= 0.6 is 0 Å². The quantitative estimate of drug-likeness (QED) is 0.882. The van der Waals surface area contributed by atoms with Crippen molar-refractivity contribution < 1.29 is 32.5 Å². The number of hydrogen-bond donors (Lipinski definition) is 1. The van der Waals surface area contributed by atoms with E-state index in [1.807, 2.05) is 0 Å². The van der Waals surface area contributed by atoms with Crippen LogP contribution in [0, 0.1) is 0 Å². The van der Waals surface area contributed by atoms with Gasteiger partial charge in [0.1, 0.15) is 5.75 Å². The van der Waals surface area contributed by atoms with Crippen molar-refractivity contribution in [1.82, 2.24) is 4.90 Å². The van der Waals surface area contributed by atoms with Crippen LogP contribution in [-0.4, -0.2) is 53.7 Å². The smallest absolute Gasteiger partial charge is 0.406 e. The first-order valence-electron chi connectivity index (χ1n) is 8.23. The molecule has 2 aliphatic rings. The average Bonchev–Trinajstić information content (AvgIpc) is 2.54. The summed E-state index contributed by atoms with van der Waals surface area (Å²) in [4.78, 5) is 14.2. The predicted molar refractivity (Wildman–Crippen MR) is 82.2 cm³/mol. The van der Waals surface area contributed by atoms with Crippen molar-refractivity contribution in [2.75, 3.05) is 19.7 Å². The second kappa shape index (κ2) is 6.84. The molecule has 0 radical (unpaired) electrons. The minimum absolute atomic E-state index is 0.232. The third kappa shape index (κ3) is 4.43. The Bertz CT molecular complexity index is 609. The molecule has 2 aliphatic heterocycles. The maximum Gasteiger partial charge on any atom is 0.573 e. The normalized spacial score (nSPS) is 23.5. The van der Waals surface area contributed by atoms with Crippen LogP contribution in [0.15, 0.2) is 24.3 Å². The first kappa shape index (κ1) is 18.0. The molecule has 2 saturated heterocycles. The molecule has 8 heteroatoms. The van der Waals surface area contributed by atoms with Gasteiger partial charge in [0.2, 0.25) is 0 Å². The highest BCUT2D eigenvalue weighted by Gasteiger charge is 2.40. The summed E-state index contributed by atoms with van der Waals surface area (Å²) in [5, 5.41) is 9.83. The molecule has 1 N–H and O–H groups in total. The van der Waals surface area contributed by atoms with Crippen LogP contribution in [0.1, 0.15) is 36.0 Å². The molecule has 1 unspecified atom stereocenters. The number of nitrogens with zero attached hydrogens (tertiary/aromatic N) is 1. The van der Waals surface area contributed by atoms with E-state index in [1.165, 1.54) is 12.1 Å². The Labute approximate surface area is 143 Å². The molecule has 1 amide bonds. The maximum absolute atomic E-state index is 12.5. The largest absolute Gasteiger partial charge is 0.573 e. The first-order valence-corrected chi connectivity index (χ1v) is 8.23. The van der Waals surface area contributed by atoms with E-state index in [1.54, 1.807) is 4.90 Å². The molecule has 25 heavy (non-hydrogen) atoms. The summed E-state index contributed by atoms with van der Waals surface area (Å²) < 4.78 is 46.2. The Morgan fingerprint density at radius 2 is 1.88 bits per heavy atom. The van der Waals surface area contributed by atoms with Crippen molar-refractivity contribution in [2.24, 2.45) is 0 Å². The monoisotopic (exact) mass is 359 g/mol. The van der Waals surface area contributed by atoms with E-state index in [4.69, 9.17) is 4.74 Å². The maximum atomic E-state index is 12.5. The predicted octanol–water partition coefficient (Wildman–Crippen LogP) is 2.73. The number of carbonyl (C=O) groups excluding carboxylic acids is 1. The Balaban J connectivity index is 1.59. The van der Waals surface area contributed by atoms with Crippen LogP contribution < -0.4 is 4.74 Å². The van der Waals surface area contributed by atoms with Crippen LogP contribution in [0.25, 0.3) is 0 Å². The van der Waals surface area contributed by atoms with Gasteiger partial charge >= 0.3 is 6.36 Å². The van der Waals surface area contributed by atoms with Crippen LogP contribution in [0.4, 0.5) is 13.2 Å². The van der Waals surface area contributed by atoms with Gasteiger partial charge in [-0.2, -0.15) is 0 Å². The number of rotatable bonds is 2. The van der Waals surface area contributed by atoms with E-state index >= 15 is 0 Å².